The number of hydrogen-bond acceptors (Lipinski definition) is 7. The second-order valence-electron chi connectivity index (χ2n) is 6.70. The lowest BCUT2D eigenvalue weighted by molar-refractivity contribution is 0.0859. The first-order valence-corrected chi connectivity index (χ1v) is 10.1. The monoisotopic (exact) mass is 381 g/mol. The summed E-state index contributed by atoms with van der Waals surface area (Å²) in [5.41, 5.74) is 2.55. The Morgan fingerprint density at radius 1 is 1.11 bits per heavy atom. The number of aromatic nitrogens is 2. The van der Waals surface area contributed by atoms with Gasteiger partial charge in [-0.3, -0.25) is 9.69 Å². The SMILES string of the molecule is CCN1CCN(CC(=O)c2ccc(Nc3ncc4sccc4n3)cc2)CC1. The van der Waals surface area contributed by atoms with Gasteiger partial charge < -0.3 is 10.2 Å². The zero-order valence-electron chi connectivity index (χ0n) is 15.4. The third-order valence-electron chi connectivity index (χ3n) is 4.95. The molecule has 1 aliphatic rings. The summed E-state index contributed by atoms with van der Waals surface area (Å²) in [6.45, 7) is 7.76. The lowest BCUT2D eigenvalue weighted by Crippen LogP contribution is -2.47. The standard InChI is InChI=1S/C20H23N5OS/c1-2-24-8-10-25(11-9-24)14-18(26)15-3-5-16(6-4-15)22-20-21-13-19-17(23-20)7-12-27-19/h3-7,12-13H,2,8-11,14H2,1H3,(H,21,22,23). The summed E-state index contributed by atoms with van der Waals surface area (Å²) in [7, 11) is 0. The number of rotatable bonds is 6. The fourth-order valence-corrected chi connectivity index (χ4v) is 3.94. The first kappa shape index (κ1) is 18.0. The molecule has 3 aromatic rings. The third-order valence-corrected chi connectivity index (χ3v) is 5.79. The number of likely N-dealkylation sites (N-methyl/N-ethyl adjacent to an activating group) is 1. The molecule has 1 aromatic carbocycles. The molecule has 1 fully saturated rings. The second-order valence-corrected chi connectivity index (χ2v) is 7.65. The average Bonchev–Trinajstić information content (AvgIpc) is 3.17. The van der Waals surface area contributed by atoms with Crippen LogP contribution in [0, 0.1) is 0 Å². The van der Waals surface area contributed by atoms with Gasteiger partial charge in [0.2, 0.25) is 5.95 Å². The summed E-state index contributed by atoms with van der Waals surface area (Å²) >= 11 is 1.63. The van der Waals surface area contributed by atoms with Crippen LogP contribution in [0.4, 0.5) is 11.6 Å². The first-order chi connectivity index (χ1) is 13.2. The molecule has 0 amide bonds. The van der Waals surface area contributed by atoms with Crippen LogP contribution in [0.2, 0.25) is 0 Å². The average molecular weight is 382 g/mol. The van der Waals surface area contributed by atoms with Crippen molar-refractivity contribution < 1.29 is 4.79 Å². The van der Waals surface area contributed by atoms with E-state index in [1.807, 2.05) is 41.9 Å². The molecule has 0 bridgehead atoms. The van der Waals surface area contributed by atoms with E-state index in [0.717, 1.165) is 54.2 Å². The Morgan fingerprint density at radius 3 is 2.59 bits per heavy atom. The van der Waals surface area contributed by atoms with Gasteiger partial charge in [-0.25, -0.2) is 9.97 Å². The molecule has 0 unspecified atom stereocenters. The second kappa shape index (κ2) is 8.12. The molecule has 1 aliphatic heterocycles. The van der Waals surface area contributed by atoms with Gasteiger partial charge in [0, 0.05) is 37.4 Å². The van der Waals surface area contributed by atoms with Gasteiger partial charge in [-0.2, -0.15) is 0 Å². The lowest BCUT2D eigenvalue weighted by Gasteiger charge is -2.33. The topological polar surface area (TPSA) is 61.4 Å². The third kappa shape index (κ3) is 4.32. The molecule has 1 N–H and O–H groups in total. The van der Waals surface area contributed by atoms with Gasteiger partial charge in [0.15, 0.2) is 5.78 Å². The van der Waals surface area contributed by atoms with Crippen molar-refractivity contribution in [2.24, 2.45) is 0 Å². The number of thiophene rings is 1. The van der Waals surface area contributed by atoms with Crippen molar-refractivity contribution in [3.8, 4) is 0 Å². The minimum atomic E-state index is 0.169. The van der Waals surface area contributed by atoms with Crippen LogP contribution in [-0.2, 0) is 0 Å². The van der Waals surface area contributed by atoms with E-state index in [1.165, 1.54) is 0 Å². The number of benzene rings is 1. The highest BCUT2D eigenvalue weighted by Crippen LogP contribution is 2.21. The molecule has 7 heteroatoms. The van der Waals surface area contributed by atoms with Crippen molar-refractivity contribution in [3.63, 3.8) is 0 Å². The number of carbonyl (C=O) groups is 1. The normalized spacial score (nSPS) is 15.9. The molecule has 4 rings (SSSR count). The van der Waals surface area contributed by atoms with Crippen molar-refractivity contribution in [1.29, 1.82) is 0 Å². The summed E-state index contributed by atoms with van der Waals surface area (Å²) in [6.07, 6.45) is 1.82. The van der Waals surface area contributed by atoms with Gasteiger partial charge in [0.25, 0.3) is 0 Å². The number of Topliss-reactive ketones (excluding diaryl/α,β-unsaturated/α-hetero) is 1. The number of carbonyl (C=O) groups excluding carboxylic acids is 1. The van der Waals surface area contributed by atoms with Gasteiger partial charge in [0.1, 0.15) is 0 Å². The predicted molar refractivity (Wildman–Crippen MR) is 110 cm³/mol. The van der Waals surface area contributed by atoms with E-state index in [1.54, 1.807) is 11.3 Å². The van der Waals surface area contributed by atoms with Crippen LogP contribution < -0.4 is 5.32 Å². The highest BCUT2D eigenvalue weighted by atomic mass is 32.1. The fourth-order valence-electron chi connectivity index (χ4n) is 3.25. The van der Waals surface area contributed by atoms with Gasteiger partial charge in [0.05, 0.1) is 23.0 Å². The number of piperazine rings is 1. The van der Waals surface area contributed by atoms with Gasteiger partial charge in [-0.1, -0.05) is 6.92 Å². The van der Waals surface area contributed by atoms with Crippen molar-refractivity contribution in [1.82, 2.24) is 19.8 Å². The predicted octanol–water partition coefficient (Wildman–Crippen LogP) is 3.26. The van der Waals surface area contributed by atoms with E-state index < -0.39 is 0 Å². The number of fused-ring (bicyclic) bond motifs is 1. The molecule has 2 aromatic heterocycles. The largest absolute Gasteiger partial charge is 0.324 e. The highest BCUT2D eigenvalue weighted by molar-refractivity contribution is 7.17. The van der Waals surface area contributed by atoms with E-state index >= 15 is 0 Å². The lowest BCUT2D eigenvalue weighted by atomic mass is 10.1. The van der Waals surface area contributed by atoms with E-state index in [4.69, 9.17) is 0 Å². The van der Waals surface area contributed by atoms with Crippen molar-refractivity contribution in [2.45, 2.75) is 6.92 Å². The number of anilines is 2. The van der Waals surface area contributed by atoms with Crippen LogP contribution in [0.15, 0.2) is 41.9 Å². The summed E-state index contributed by atoms with van der Waals surface area (Å²) in [5.74, 6) is 0.733. The molecular formula is C20H23N5OS. The van der Waals surface area contributed by atoms with Gasteiger partial charge in [-0.05, 0) is 42.3 Å². The minimum absolute atomic E-state index is 0.169. The molecule has 27 heavy (non-hydrogen) atoms. The molecule has 0 atom stereocenters. The van der Waals surface area contributed by atoms with E-state index in [9.17, 15) is 4.79 Å². The highest BCUT2D eigenvalue weighted by Gasteiger charge is 2.18. The smallest absolute Gasteiger partial charge is 0.227 e. The fraction of sp³-hybridized carbons (Fsp3) is 0.350. The van der Waals surface area contributed by atoms with Crippen molar-refractivity contribution in [3.05, 3.63) is 47.5 Å². The Morgan fingerprint density at radius 2 is 1.85 bits per heavy atom. The van der Waals surface area contributed by atoms with E-state index in [0.29, 0.717) is 12.5 Å². The number of nitrogens with one attached hydrogen (secondary N) is 1. The molecule has 0 radical (unpaired) electrons. The molecule has 0 spiro atoms. The molecule has 140 valence electrons. The molecule has 0 saturated carbocycles. The summed E-state index contributed by atoms with van der Waals surface area (Å²) < 4.78 is 1.07. The maximum absolute atomic E-state index is 12.6. The molecule has 1 saturated heterocycles. The maximum atomic E-state index is 12.6. The molecular weight excluding hydrogens is 358 g/mol. The van der Waals surface area contributed by atoms with Crippen LogP contribution in [0.1, 0.15) is 17.3 Å². The first-order valence-electron chi connectivity index (χ1n) is 9.26. The van der Waals surface area contributed by atoms with Gasteiger partial charge >= 0.3 is 0 Å². The van der Waals surface area contributed by atoms with Crippen molar-refractivity contribution >= 4 is 39.0 Å². The quantitative estimate of drug-likeness (QED) is 0.662. The Hall–Kier alpha value is -2.35. The Balaban J connectivity index is 1.36. The molecule has 3 heterocycles. The van der Waals surface area contributed by atoms with Crippen LogP contribution in [-0.4, -0.2) is 64.8 Å². The number of ketones is 1. The van der Waals surface area contributed by atoms with Crippen LogP contribution in [0.25, 0.3) is 10.2 Å². The number of nitrogens with zero attached hydrogens (tertiary/aromatic N) is 4. The van der Waals surface area contributed by atoms with Crippen LogP contribution in [0.3, 0.4) is 0 Å². The van der Waals surface area contributed by atoms with Crippen LogP contribution in [0.5, 0.6) is 0 Å². The maximum Gasteiger partial charge on any atom is 0.227 e. The zero-order chi connectivity index (χ0) is 18.6. The zero-order valence-corrected chi connectivity index (χ0v) is 16.2. The van der Waals surface area contributed by atoms with E-state index in [-0.39, 0.29) is 5.78 Å². The summed E-state index contributed by atoms with van der Waals surface area (Å²) in [6, 6.07) is 9.54. The Kier molecular flexibility index (Phi) is 5.42. The summed E-state index contributed by atoms with van der Waals surface area (Å²) in [4.78, 5) is 26.0. The van der Waals surface area contributed by atoms with E-state index in [2.05, 4.69) is 32.0 Å². The molecule has 0 aliphatic carbocycles. The van der Waals surface area contributed by atoms with Gasteiger partial charge in [-0.15, -0.1) is 11.3 Å². The minimum Gasteiger partial charge on any atom is -0.324 e. The Labute approximate surface area is 162 Å². The Bertz CT molecular complexity index is 916. The van der Waals surface area contributed by atoms with Crippen molar-refractivity contribution in [2.75, 3.05) is 44.6 Å². The summed E-state index contributed by atoms with van der Waals surface area (Å²) in [5, 5.41) is 5.21. The number of hydrogen-bond donors (Lipinski definition) is 1. The molecule has 6 nitrogen and oxygen atoms in total. The van der Waals surface area contributed by atoms with Crippen LogP contribution >= 0.6 is 11.3 Å².